The van der Waals surface area contributed by atoms with E-state index in [-0.39, 0.29) is 0 Å². The topological polar surface area (TPSA) is 15.3 Å². The lowest BCUT2D eigenvalue weighted by Crippen LogP contribution is -2.42. The second kappa shape index (κ2) is 7.44. The van der Waals surface area contributed by atoms with E-state index in [9.17, 15) is 0 Å². The highest BCUT2D eigenvalue weighted by Crippen LogP contribution is 2.28. The maximum Gasteiger partial charge on any atom is 0.0453 e. The normalized spacial score (nSPS) is 18.2. The van der Waals surface area contributed by atoms with Crippen LogP contribution in [-0.4, -0.2) is 30.6 Å². The maximum absolute atomic E-state index is 6.34. The van der Waals surface area contributed by atoms with E-state index in [0.717, 1.165) is 17.6 Å². The Balaban J connectivity index is 2.00. The van der Waals surface area contributed by atoms with Crippen LogP contribution in [0.15, 0.2) is 24.3 Å². The van der Waals surface area contributed by atoms with E-state index in [1.54, 1.807) is 0 Å². The third-order valence-corrected chi connectivity index (χ3v) is 4.73. The van der Waals surface area contributed by atoms with Gasteiger partial charge >= 0.3 is 0 Å². The highest BCUT2D eigenvalue weighted by Gasteiger charge is 2.25. The van der Waals surface area contributed by atoms with Crippen LogP contribution in [0.25, 0.3) is 0 Å². The van der Waals surface area contributed by atoms with Crippen molar-refractivity contribution in [1.82, 2.24) is 10.2 Å². The van der Waals surface area contributed by atoms with Gasteiger partial charge in [0.2, 0.25) is 0 Å². The molecular formula is C17H27ClN2. The molecular weight excluding hydrogens is 268 g/mol. The molecule has 2 nitrogen and oxygen atoms in total. The first-order valence-corrected chi connectivity index (χ1v) is 8.21. The van der Waals surface area contributed by atoms with E-state index >= 15 is 0 Å². The lowest BCUT2D eigenvalue weighted by atomic mass is 10.0. The van der Waals surface area contributed by atoms with Crippen LogP contribution in [0.2, 0.25) is 5.02 Å². The minimum Gasteiger partial charge on any atom is -0.312 e. The molecule has 1 aromatic carbocycles. The van der Waals surface area contributed by atoms with Gasteiger partial charge in [-0.3, -0.25) is 4.90 Å². The number of hydrogen-bond acceptors (Lipinski definition) is 2. The molecule has 0 aliphatic heterocycles. The third-order valence-electron chi connectivity index (χ3n) is 4.38. The van der Waals surface area contributed by atoms with Gasteiger partial charge in [0.05, 0.1) is 0 Å². The molecule has 0 aromatic heterocycles. The second-order valence-corrected chi connectivity index (χ2v) is 6.40. The summed E-state index contributed by atoms with van der Waals surface area (Å²) in [6.45, 7) is 5.60. The summed E-state index contributed by atoms with van der Waals surface area (Å²) < 4.78 is 0. The molecule has 0 heterocycles. The van der Waals surface area contributed by atoms with Gasteiger partial charge in [0, 0.05) is 29.7 Å². The van der Waals surface area contributed by atoms with Crippen LogP contribution in [-0.2, 0) is 0 Å². The summed E-state index contributed by atoms with van der Waals surface area (Å²) in [7, 11) is 2.23. The van der Waals surface area contributed by atoms with Crippen LogP contribution in [0.5, 0.6) is 0 Å². The Morgan fingerprint density at radius 3 is 2.65 bits per heavy atom. The molecule has 3 heteroatoms. The average Bonchev–Trinajstić information content (AvgIpc) is 3.26. The Morgan fingerprint density at radius 2 is 2.05 bits per heavy atom. The molecule has 1 aliphatic carbocycles. The Kier molecular flexibility index (Phi) is 5.88. The van der Waals surface area contributed by atoms with Gasteiger partial charge in [-0.05, 0) is 44.9 Å². The molecule has 1 saturated carbocycles. The molecule has 0 spiro atoms. The number of likely N-dealkylation sites (N-methyl/N-ethyl adjacent to an activating group) is 1. The highest BCUT2D eigenvalue weighted by atomic mass is 35.5. The summed E-state index contributed by atoms with van der Waals surface area (Å²) in [5.41, 5.74) is 1.23. The van der Waals surface area contributed by atoms with Gasteiger partial charge in [0.25, 0.3) is 0 Å². The molecule has 1 aromatic rings. The van der Waals surface area contributed by atoms with Gasteiger partial charge in [-0.2, -0.15) is 0 Å². The molecule has 0 saturated heterocycles. The van der Waals surface area contributed by atoms with Gasteiger partial charge in [0.1, 0.15) is 0 Å². The monoisotopic (exact) mass is 294 g/mol. The lowest BCUT2D eigenvalue weighted by molar-refractivity contribution is 0.170. The summed E-state index contributed by atoms with van der Waals surface area (Å²) in [5, 5.41) is 4.54. The van der Waals surface area contributed by atoms with Crippen LogP contribution in [0.4, 0.5) is 0 Å². The average molecular weight is 295 g/mol. The van der Waals surface area contributed by atoms with E-state index in [4.69, 9.17) is 11.6 Å². The molecule has 2 atom stereocenters. The summed E-state index contributed by atoms with van der Waals surface area (Å²) >= 11 is 6.34. The van der Waals surface area contributed by atoms with Crippen LogP contribution in [0.3, 0.4) is 0 Å². The molecule has 0 radical (unpaired) electrons. The number of nitrogens with one attached hydrogen (secondary N) is 1. The first-order chi connectivity index (χ1) is 9.63. The molecule has 1 N–H and O–H groups in total. The number of nitrogens with zero attached hydrogens (tertiary/aromatic N) is 1. The number of hydrogen-bond donors (Lipinski definition) is 1. The summed E-state index contributed by atoms with van der Waals surface area (Å²) in [5.74, 6) is 0. The molecule has 112 valence electrons. The third kappa shape index (κ3) is 4.21. The molecule has 20 heavy (non-hydrogen) atoms. The number of rotatable bonds is 8. The Hall–Kier alpha value is -0.570. The Bertz CT molecular complexity index is 417. The van der Waals surface area contributed by atoms with Crippen LogP contribution in [0.1, 0.15) is 51.1 Å². The zero-order valence-corrected chi connectivity index (χ0v) is 13.7. The van der Waals surface area contributed by atoms with Gasteiger partial charge in [-0.1, -0.05) is 43.1 Å². The number of halogens is 1. The lowest BCUT2D eigenvalue weighted by Gasteiger charge is -2.34. The van der Waals surface area contributed by atoms with Crippen LogP contribution < -0.4 is 5.32 Å². The summed E-state index contributed by atoms with van der Waals surface area (Å²) in [4.78, 5) is 2.47. The highest BCUT2D eigenvalue weighted by molar-refractivity contribution is 6.31. The van der Waals surface area contributed by atoms with Gasteiger partial charge in [-0.15, -0.1) is 0 Å². The fourth-order valence-corrected chi connectivity index (χ4v) is 3.02. The smallest absolute Gasteiger partial charge is 0.0453 e. The largest absolute Gasteiger partial charge is 0.312 e. The molecule has 0 bridgehead atoms. The Labute approximate surface area is 128 Å². The fourth-order valence-electron chi connectivity index (χ4n) is 2.72. The first kappa shape index (κ1) is 15.8. The van der Waals surface area contributed by atoms with E-state index in [1.807, 2.05) is 12.1 Å². The predicted octanol–water partition coefficient (Wildman–Crippen LogP) is 4.25. The van der Waals surface area contributed by atoms with E-state index in [1.165, 1.54) is 31.2 Å². The molecule has 2 rings (SSSR count). The van der Waals surface area contributed by atoms with Gasteiger partial charge < -0.3 is 5.32 Å². The standard InChI is InChI=1S/C17H27ClN2/c1-4-7-15(12-19-14-10-11-14)20(3)13(2)16-8-5-6-9-17(16)18/h5-6,8-9,13-15,19H,4,7,10-12H2,1-3H3. The van der Waals surface area contributed by atoms with Crippen molar-refractivity contribution in [3.05, 3.63) is 34.9 Å². The van der Waals surface area contributed by atoms with Gasteiger partial charge in [-0.25, -0.2) is 0 Å². The van der Waals surface area contributed by atoms with E-state index in [2.05, 4.69) is 43.2 Å². The van der Waals surface area contributed by atoms with E-state index in [0.29, 0.717) is 12.1 Å². The van der Waals surface area contributed by atoms with Crippen molar-refractivity contribution in [2.45, 2.75) is 57.7 Å². The predicted molar refractivity (Wildman–Crippen MR) is 87.4 cm³/mol. The van der Waals surface area contributed by atoms with Crippen LogP contribution >= 0.6 is 11.6 Å². The molecule has 1 aliphatic rings. The van der Waals surface area contributed by atoms with Crippen molar-refractivity contribution < 1.29 is 0 Å². The molecule has 1 fully saturated rings. The first-order valence-electron chi connectivity index (χ1n) is 7.83. The molecule has 0 amide bonds. The quantitative estimate of drug-likeness (QED) is 0.771. The Morgan fingerprint density at radius 1 is 1.35 bits per heavy atom. The zero-order valence-electron chi connectivity index (χ0n) is 12.9. The van der Waals surface area contributed by atoms with E-state index < -0.39 is 0 Å². The minimum atomic E-state index is 0.348. The maximum atomic E-state index is 6.34. The van der Waals surface area contributed by atoms with Crippen molar-refractivity contribution in [2.75, 3.05) is 13.6 Å². The number of benzene rings is 1. The van der Waals surface area contributed by atoms with Crippen molar-refractivity contribution in [3.63, 3.8) is 0 Å². The second-order valence-electron chi connectivity index (χ2n) is 5.99. The summed E-state index contributed by atoms with van der Waals surface area (Å²) in [6.07, 6.45) is 5.15. The van der Waals surface area contributed by atoms with Crippen LogP contribution in [0, 0.1) is 0 Å². The van der Waals surface area contributed by atoms with Crippen molar-refractivity contribution in [2.24, 2.45) is 0 Å². The molecule has 2 unspecified atom stereocenters. The van der Waals surface area contributed by atoms with Crippen molar-refractivity contribution in [3.8, 4) is 0 Å². The van der Waals surface area contributed by atoms with Gasteiger partial charge in [0.15, 0.2) is 0 Å². The van der Waals surface area contributed by atoms with Crippen molar-refractivity contribution in [1.29, 1.82) is 0 Å². The fraction of sp³-hybridized carbons (Fsp3) is 0.647. The minimum absolute atomic E-state index is 0.348. The van der Waals surface area contributed by atoms with Crippen molar-refractivity contribution >= 4 is 11.6 Å². The summed E-state index contributed by atoms with van der Waals surface area (Å²) in [6, 6.07) is 9.89. The SMILES string of the molecule is CCCC(CNC1CC1)N(C)C(C)c1ccccc1Cl. The zero-order chi connectivity index (χ0) is 14.5.